The van der Waals surface area contributed by atoms with E-state index in [1.54, 1.807) is 19.2 Å². The summed E-state index contributed by atoms with van der Waals surface area (Å²) in [6.07, 6.45) is 2.44. The van der Waals surface area contributed by atoms with E-state index in [0.717, 1.165) is 6.42 Å². The number of nitrogens with zero attached hydrogens (tertiary/aromatic N) is 1. The van der Waals surface area contributed by atoms with Crippen LogP contribution in [0.4, 0.5) is 0 Å². The minimum atomic E-state index is -0.955. The lowest BCUT2D eigenvalue weighted by molar-refractivity contribution is -0.136. The maximum absolute atomic E-state index is 11.7. The van der Waals surface area contributed by atoms with Gasteiger partial charge in [0.15, 0.2) is 0 Å². The third-order valence-electron chi connectivity index (χ3n) is 2.90. The standard InChI is InChI=1S/C13H19NO4/c1-4-9(3)14-7-6-10(13(17)18-5-2)11(14)8-12(15)16/h6-7,9H,4-5,8H2,1-3H3,(H,15,16). The summed E-state index contributed by atoms with van der Waals surface area (Å²) in [5, 5.41) is 8.93. The Hall–Kier alpha value is -1.78. The van der Waals surface area contributed by atoms with Gasteiger partial charge in [-0.3, -0.25) is 4.79 Å². The first-order chi connectivity index (χ1) is 8.51. The summed E-state index contributed by atoms with van der Waals surface area (Å²) in [5.74, 6) is -1.42. The van der Waals surface area contributed by atoms with E-state index in [1.807, 2.05) is 18.4 Å². The molecule has 1 aromatic rings. The highest BCUT2D eigenvalue weighted by Crippen LogP contribution is 2.20. The van der Waals surface area contributed by atoms with Crippen molar-refractivity contribution in [2.75, 3.05) is 6.61 Å². The maximum atomic E-state index is 11.7. The molecular formula is C13H19NO4. The third kappa shape index (κ3) is 3.12. The van der Waals surface area contributed by atoms with Gasteiger partial charge in [0.05, 0.1) is 18.6 Å². The van der Waals surface area contributed by atoms with E-state index < -0.39 is 11.9 Å². The minimum absolute atomic E-state index is 0.155. The highest BCUT2D eigenvalue weighted by molar-refractivity contribution is 5.92. The molecule has 0 spiro atoms. The van der Waals surface area contributed by atoms with E-state index in [9.17, 15) is 9.59 Å². The lowest BCUT2D eigenvalue weighted by Crippen LogP contribution is -2.15. The second kappa shape index (κ2) is 6.23. The smallest absolute Gasteiger partial charge is 0.339 e. The molecule has 18 heavy (non-hydrogen) atoms. The second-order valence-corrected chi connectivity index (χ2v) is 4.13. The van der Waals surface area contributed by atoms with Crippen molar-refractivity contribution in [1.82, 2.24) is 4.57 Å². The van der Waals surface area contributed by atoms with Crippen LogP contribution >= 0.6 is 0 Å². The number of rotatable bonds is 6. The van der Waals surface area contributed by atoms with Gasteiger partial charge in [-0.2, -0.15) is 0 Å². The van der Waals surface area contributed by atoms with E-state index >= 15 is 0 Å². The van der Waals surface area contributed by atoms with Gasteiger partial charge in [0.2, 0.25) is 0 Å². The van der Waals surface area contributed by atoms with Crippen LogP contribution in [0.2, 0.25) is 0 Å². The van der Waals surface area contributed by atoms with Crippen LogP contribution in [0.15, 0.2) is 12.3 Å². The van der Waals surface area contributed by atoms with Crippen LogP contribution in [0.25, 0.3) is 0 Å². The molecule has 0 aliphatic heterocycles. The molecule has 0 bridgehead atoms. The fraction of sp³-hybridized carbons (Fsp3) is 0.538. The molecule has 0 amide bonds. The molecule has 0 aromatic carbocycles. The van der Waals surface area contributed by atoms with E-state index in [1.165, 1.54) is 0 Å². The fourth-order valence-corrected chi connectivity index (χ4v) is 1.81. The molecule has 1 heterocycles. The maximum Gasteiger partial charge on any atom is 0.339 e. The van der Waals surface area contributed by atoms with Gasteiger partial charge in [-0.05, 0) is 26.3 Å². The number of carboxylic acid groups (broad SMARTS) is 1. The number of carbonyl (C=O) groups excluding carboxylic acids is 1. The fourth-order valence-electron chi connectivity index (χ4n) is 1.81. The van der Waals surface area contributed by atoms with Crippen molar-refractivity contribution in [2.45, 2.75) is 39.7 Å². The van der Waals surface area contributed by atoms with Gasteiger partial charge in [0, 0.05) is 17.9 Å². The molecule has 1 atom stereocenters. The summed E-state index contributed by atoms with van der Waals surface area (Å²) in [4.78, 5) is 22.6. The molecule has 0 saturated heterocycles. The molecule has 100 valence electrons. The van der Waals surface area contributed by atoms with Gasteiger partial charge in [0.25, 0.3) is 0 Å². The molecule has 1 N–H and O–H groups in total. The number of ether oxygens (including phenoxy) is 1. The van der Waals surface area contributed by atoms with Crippen molar-refractivity contribution in [1.29, 1.82) is 0 Å². The Balaban J connectivity index is 3.14. The third-order valence-corrected chi connectivity index (χ3v) is 2.90. The molecule has 0 radical (unpaired) electrons. The van der Waals surface area contributed by atoms with Gasteiger partial charge in [-0.1, -0.05) is 6.92 Å². The topological polar surface area (TPSA) is 68.5 Å². The highest BCUT2D eigenvalue weighted by Gasteiger charge is 2.20. The largest absolute Gasteiger partial charge is 0.481 e. The minimum Gasteiger partial charge on any atom is -0.481 e. The van der Waals surface area contributed by atoms with Crippen molar-refractivity contribution in [3.8, 4) is 0 Å². The Morgan fingerprint density at radius 1 is 1.44 bits per heavy atom. The predicted molar refractivity (Wildman–Crippen MR) is 66.7 cm³/mol. The van der Waals surface area contributed by atoms with E-state index in [0.29, 0.717) is 11.3 Å². The Morgan fingerprint density at radius 2 is 2.11 bits per heavy atom. The zero-order valence-electron chi connectivity index (χ0n) is 11.0. The average molecular weight is 253 g/mol. The normalized spacial score (nSPS) is 12.2. The Labute approximate surface area is 106 Å². The van der Waals surface area contributed by atoms with Gasteiger partial charge in [0.1, 0.15) is 0 Å². The van der Waals surface area contributed by atoms with E-state index in [2.05, 4.69) is 0 Å². The lowest BCUT2D eigenvalue weighted by Gasteiger charge is -2.15. The predicted octanol–water partition coefficient (Wildman–Crippen LogP) is 2.26. The van der Waals surface area contributed by atoms with Crippen LogP contribution in [0, 0.1) is 0 Å². The summed E-state index contributed by atoms with van der Waals surface area (Å²) in [6, 6.07) is 1.78. The van der Waals surface area contributed by atoms with Crippen LogP contribution in [0.1, 0.15) is 49.3 Å². The summed E-state index contributed by atoms with van der Waals surface area (Å²) in [6.45, 7) is 6.00. The van der Waals surface area contributed by atoms with E-state index in [-0.39, 0.29) is 19.1 Å². The number of carboxylic acids is 1. The summed E-state index contributed by atoms with van der Waals surface area (Å²) in [7, 11) is 0. The van der Waals surface area contributed by atoms with Crippen LogP contribution in [0.5, 0.6) is 0 Å². The highest BCUT2D eigenvalue weighted by atomic mass is 16.5. The number of aliphatic carboxylic acids is 1. The summed E-state index contributed by atoms with van der Waals surface area (Å²) >= 11 is 0. The first-order valence-electron chi connectivity index (χ1n) is 6.09. The van der Waals surface area contributed by atoms with Crippen LogP contribution in [-0.2, 0) is 16.0 Å². The first-order valence-corrected chi connectivity index (χ1v) is 6.09. The van der Waals surface area contributed by atoms with Crippen LogP contribution in [-0.4, -0.2) is 28.2 Å². The van der Waals surface area contributed by atoms with Gasteiger partial charge < -0.3 is 14.4 Å². The molecule has 1 unspecified atom stereocenters. The Kier molecular flexibility index (Phi) is 4.95. The van der Waals surface area contributed by atoms with Crippen molar-refractivity contribution < 1.29 is 19.4 Å². The summed E-state index contributed by atoms with van der Waals surface area (Å²) < 4.78 is 6.77. The monoisotopic (exact) mass is 253 g/mol. The zero-order valence-corrected chi connectivity index (χ0v) is 11.0. The number of esters is 1. The molecule has 0 aliphatic carbocycles. The quantitative estimate of drug-likeness (QED) is 0.789. The number of hydrogen-bond acceptors (Lipinski definition) is 3. The summed E-state index contributed by atoms with van der Waals surface area (Å²) in [5.41, 5.74) is 0.856. The average Bonchev–Trinajstić information content (AvgIpc) is 2.71. The van der Waals surface area contributed by atoms with Crippen molar-refractivity contribution in [3.05, 3.63) is 23.5 Å². The molecule has 0 fully saturated rings. The molecular weight excluding hydrogens is 234 g/mol. The van der Waals surface area contributed by atoms with Crippen LogP contribution < -0.4 is 0 Å². The SMILES string of the molecule is CCOC(=O)c1ccn(C(C)CC)c1CC(=O)O. The number of hydrogen-bond donors (Lipinski definition) is 1. The molecule has 5 heteroatoms. The number of aromatic nitrogens is 1. The lowest BCUT2D eigenvalue weighted by atomic mass is 10.1. The van der Waals surface area contributed by atoms with E-state index in [4.69, 9.17) is 9.84 Å². The molecule has 0 saturated carbocycles. The van der Waals surface area contributed by atoms with Crippen molar-refractivity contribution in [2.24, 2.45) is 0 Å². The van der Waals surface area contributed by atoms with Gasteiger partial charge in [-0.25, -0.2) is 4.79 Å². The number of carbonyl (C=O) groups is 2. The Morgan fingerprint density at radius 3 is 2.61 bits per heavy atom. The van der Waals surface area contributed by atoms with Gasteiger partial charge >= 0.3 is 11.9 Å². The molecule has 1 aromatic heterocycles. The molecule has 5 nitrogen and oxygen atoms in total. The Bertz CT molecular complexity index is 436. The van der Waals surface area contributed by atoms with Crippen molar-refractivity contribution in [3.63, 3.8) is 0 Å². The second-order valence-electron chi connectivity index (χ2n) is 4.13. The first kappa shape index (κ1) is 14.3. The molecule has 1 rings (SSSR count). The molecule has 0 aliphatic rings. The van der Waals surface area contributed by atoms with Gasteiger partial charge in [-0.15, -0.1) is 0 Å². The van der Waals surface area contributed by atoms with Crippen molar-refractivity contribution >= 4 is 11.9 Å². The zero-order chi connectivity index (χ0) is 13.7. The van der Waals surface area contributed by atoms with Crippen LogP contribution in [0.3, 0.4) is 0 Å².